The quantitative estimate of drug-likeness (QED) is 0.107. The van der Waals surface area contributed by atoms with Gasteiger partial charge in [-0.25, -0.2) is 36.4 Å². The van der Waals surface area contributed by atoms with Crippen molar-refractivity contribution in [3.8, 4) is 22.5 Å². The Hall–Kier alpha value is -5.82. The number of thiazole rings is 2. The highest BCUT2D eigenvalue weighted by molar-refractivity contribution is 7.92. The van der Waals surface area contributed by atoms with Gasteiger partial charge < -0.3 is 14.7 Å². The van der Waals surface area contributed by atoms with Gasteiger partial charge in [0.25, 0.3) is 0 Å². The van der Waals surface area contributed by atoms with Crippen LogP contribution in [0.1, 0.15) is 58.8 Å². The molecule has 0 saturated carbocycles. The lowest BCUT2D eigenvalue weighted by Crippen LogP contribution is -2.48. The first kappa shape index (κ1) is 45.2. The van der Waals surface area contributed by atoms with Crippen LogP contribution in [0.3, 0.4) is 0 Å². The van der Waals surface area contributed by atoms with Crippen LogP contribution in [0.5, 0.6) is 0 Å². The second-order valence-electron chi connectivity index (χ2n) is 15.4. The molecule has 18 heteroatoms. The van der Waals surface area contributed by atoms with Gasteiger partial charge in [-0.1, -0.05) is 84.9 Å². The van der Waals surface area contributed by atoms with Gasteiger partial charge in [-0.05, 0) is 67.5 Å². The highest BCUT2D eigenvalue weighted by Gasteiger charge is 2.37. The van der Waals surface area contributed by atoms with E-state index in [1.807, 2.05) is 95.7 Å². The first-order valence-corrected chi connectivity index (χ1v) is 25.8. The van der Waals surface area contributed by atoms with Crippen molar-refractivity contribution in [2.45, 2.75) is 56.7 Å². The Kier molecular flexibility index (Phi) is 14.4. The number of piperidine rings is 1. The summed E-state index contributed by atoms with van der Waals surface area (Å²) >= 11 is 3.07. The zero-order valence-corrected chi connectivity index (χ0v) is 37.9. The number of likely N-dealkylation sites (tertiary alicyclic amines) is 2. The third-order valence-electron chi connectivity index (χ3n) is 10.6. The van der Waals surface area contributed by atoms with Crippen LogP contribution in [-0.2, 0) is 37.8 Å². The lowest BCUT2D eigenvalue weighted by atomic mass is 9.85. The number of benzene rings is 4. The number of ether oxygens (including phenoxy) is 1. The van der Waals surface area contributed by atoms with E-state index >= 15 is 0 Å². The van der Waals surface area contributed by atoms with E-state index in [-0.39, 0.29) is 30.7 Å². The molecule has 2 fully saturated rings. The molecule has 6 aromatic rings. The number of rotatable bonds is 12. The fraction of sp³-hybridized carbons (Fsp3) is 0.289. The van der Waals surface area contributed by atoms with Crippen LogP contribution in [0.4, 0.5) is 21.0 Å². The highest BCUT2D eigenvalue weighted by Crippen LogP contribution is 2.39. The smallest absolute Gasteiger partial charge is 0.410 e. The lowest BCUT2D eigenvalue weighted by Gasteiger charge is -2.39. The number of nitrogens with one attached hydrogen (secondary N) is 2. The Balaban J connectivity index is 0.000000189. The molecular formula is C45H48N6O8S4. The topological polar surface area (TPSA) is 188 Å². The van der Waals surface area contributed by atoms with Gasteiger partial charge in [0.2, 0.25) is 20.0 Å². The Morgan fingerprint density at radius 3 is 1.71 bits per heavy atom. The molecule has 3 atom stereocenters. The molecule has 4 aromatic carbocycles. The lowest BCUT2D eigenvalue weighted by molar-refractivity contribution is 0.0919. The number of carbonyl (C=O) groups excluding carboxylic acids is 1. The minimum Gasteiger partial charge on any atom is -0.465 e. The van der Waals surface area contributed by atoms with E-state index in [1.165, 1.54) is 11.3 Å². The Bertz CT molecular complexity index is 2700. The summed E-state index contributed by atoms with van der Waals surface area (Å²) in [5.41, 5.74) is 6.45. The molecule has 0 bridgehead atoms. The first-order valence-electron chi connectivity index (χ1n) is 20.3. The summed E-state index contributed by atoms with van der Waals surface area (Å²) in [4.78, 5) is 37.5. The van der Waals surface area contributed by atoms with Crippen molar-refractivity contribution < 1.29 is 36.3 Å². The molecule has 4 heterocycles. The Morgan fingerprint density at radius 1 is 0.683 bits per heavy atom. The maximum Gasteiger partial charge on any atom is 0.410 e. The Morgan fingerprint density at radius 2 is 1.17 bits per heavy atom. The largest absolute Gasteiger partial charge is 0.465 e. The van der Waals surface area contributed by atoms with E-state index in [9.17, 15) is 31.5 Å². The average Bonchev–Trinajstić information content (AvgIpc) is 4.06. The summed E-state index contributed by atoms with van der Waals surface area (Å²) in [7, 11) is -6.64. The molecule has 8 rings (SSSR count). The molecule has 0 radical (unpaired) electrons. The molecular weight excluding hydrogens is 881 g/mol. The second-order valence-corrected chi connectivity index (χ2v) is 20.7. The molecule has 0 aliphatic carbocycles. The molecule has 2 aliphatic heterocycles. The summed E-state index contributed by atoms with van der Waals surface area (Å²) in [6, 6.07) is 33.5. The summed E-state index contributed by atoms with van der Waals surface area (Å²) in [6.45, 7) is 1.44. The second kappa shape index (κ2) is 20.1. The van der Waals surface area contributed by atoms with Gasteiger partial charge in [-0.15, -0.1) is 22.7 Å². The third-order valence-corrected chi connectivity index (χ3v) is 13.8. The van der Waals surface area contributed by atoms with E-state index in [0.29, 0.717) is 30.9 Å². The van der Waals surface area contributed by atoms with Gasteiger partial charge in [-0.3, -0.25) is 14.3 Å². The van der Waals surface area contributed by atoms with E-state index in [2.05, 4.69) is 9.44 Å². The molecule has 3 N–H and O–H groups in total. The third kappa shape index (κ3) is 12.4. The fourth-order valence-electron chi connectivity index (χ4n) is 7.74. The van der Waals surface area contributed by atoms with Crippen molar-refractivity contribution in [3.63, 3.8) is 0 Å². The molecule has 2 amide bonds. The minimum absolute atomic E-state index is 0.0324. The van der Waals surface area contributed by atoms with Gasteiger partial charge in [0.15, 0.2) is 0 Å². The van der Waals surface area contributed by atoms with Gasteiger partial charge in [0, 0.05) is 58.3 Å². The van der Waals surface area contributed by atoms with Crippen LogP contribution in [0, 0.1) is 0 Å². The van der Waals surface area contributed by atoms with Gasteiger partial charge >= 0.3 is 12.2 Å². The van der Waals surface area contributed by atoms with E-state index in [4.69, 9.17) is 14.7 Å². The zero-order chi connectivity index (χ0) is 44.6. The molecule has 2 aliphatic rings. The maximum atomic E-state index is 12.7. The molecule has 2 unspecified atom stereocenters. The molecule has 14 nitrogen and oxygen atoms in total. The number of nitrogens with zero attached hydrogens (tertiary/aromatic N) is 4. The van der Waals surface area contributed by atoms with Crippen LogP contribution in [0.15, 0.2) is 120 Å². The van der Waals surface area contributed by atoms with E-state index < -0.39 is 26.1 Å². The van der Waals surface area contributed by atoms with Crippen LogP contribution in [-0.4, -0.2) is 85.5 Å². The number of carboxylic acid groups (broad SMARTS) is 1. The van der Waals surface area contributed by atoms with Crippen LogP contribution in [0.25, 0.3) is 22.5 Å². The van der Waals surface area contributed by atoms with Crippen LogP contribution in [0.2, 0.25) is 0 Å². The molecule has 2 aromatic heterocycles. The number of amides is 2. The monoisotopic (exact) mass is 928 g/mol. The molecule has 2 saturated heterocycles. The van der Waals surface area contributed by atoms with Crippen molar-refractivity contribution in [2.24, 2.45) is 0 Å². The minimum atomic E-state index is -3.33. The normalized spacial score (nSPS) is 17.7. The predicted molar refractivity (Wildman–Crippen MR) is 248 cm³/mol. The molecule has 63 heavy (non-hydrogen) atoms. The van der Waals surface area contributed by atoms with Gasteiger partial charge in [0.05, 0.1) is 34.9 Å². The van der Waals surface area contributed by atoms with E-state index in [0.717, 1.165) is 81.9 Å². The summed E-state index contributed by atoms with van der Waals surface area (Å²) in [6.07, 6.45) is 5.14. The number of carbonyl (C=O) groups is 2. The maximum absolute atomic E-state index is 12.7. The van der Waals surface area contributed by atoms with Crippen molar-refractivity contribution in [1.82, 2.24) is 19.8 Å². The van der Waals surface area contributed by atoms with Crippen molar-refractivity contribution in [1.29, 1.82) is 0 Å². The SMILES string of the molecule is CS(=O)(=O)Nc1ccc(-c2csc(C3CCCN(C(=O)O)C3Cc3ccccc3)n2)cc1.CS(=O)(=O)Nc1ccc(-c2csc([C@H]3CCCN3C(=O)OCc3ccccc3)n2)cc1. The number of hydrogen-bond acceptors (Lipinski definition) is 11. The number of hydrogen-bond donors (Lipinski definition) is 3. The van der Waals surface area contributed by atoms with Crippen molar-refractivity contribution in [3.05, 3.63) is 141 Å². The van der Waals surface area contributed by atoms with Gasteiger partial charge in [0.1, 0.15) is 11.6 Å². The van der Waals surface area contributed by atoms with Crippen LogP contribution >= 0.6 is 22.7 Å². The summed E-state index contributed by atoms with van der Waals surface area (Å²) in [5, 5.41) is 15.6. The molecule has 0 spiro atoms. The average molecular weight is 929 g/mol. The summed E-state index contributed by atoms with van der Waals surface area (Å²) in [5.74, 6) is 0.0324. The zero-order valence-electron chi connectivity index (χ0n) is 34.7. The predicted octanol–water partition coefficient (Wildman–Crippen LogP) is 9.31. The van der Waals surface area contributed by atoms with Gasteiger partial charge in [-0.2, -0.15) is 0 Å². The van der Waals surface area contributed by atoms with Crippen molar-refractivity contribution in [2.75, 3.05) is 35.0 Å². The fourth-order valence-corrected chi connectivity index (χ4v) is 10.9. The summed E-state index contributed by atoms with van der Waals surface area (Å²) < 4.78 is 55.9. The standard InChI is InChI=1S/C23H25N3O4S2.C22H23N3O4S2/c1-32(29,30)25-18-11-9-17(10-12-18)20-15-31-22(24-20)19-8-5-13-26(23(27)28)21(19)14-16-6-3-2-4-7-16;1-31(27,28)24-18-11-9-17(10-12-18)19-15-30-21(23-19)20-8-5-13-25(20)22(26)29-14-16-6-3-2-4-7-16/h2-4,6-7,9-12,15,19,21,25H,5,8,13-14H2,1H3,(H,27,28);2-4,6-7,9-12,15,20,24H,5,8,13-14H2,1H3/t;20-/m.1/s1. The van der Waals surface area contributed by atoms with E-state index in [1.54, 1.807) is 45.4 Å². The van der Waals surface area contributed by atoms with Crippen LogP contribution < -0.4 is 9.44 Å². The van der Waals surface area contributed by atoms with Crippen molar-refractivity contribution >= 4 is 66.3 Å². The molecule has 330 valence electrons. The number of anilines is 2. The number of sulfonamides is 2. The number of aromatic nitrogens is 2. The highest BCUT2D eigenvalue weighted by atomic mass is 32.2. The Labute approximate surface area is 375 Å². The first-order chi connectivity index (χ1) is 30.2.